The number of likely N-dealkylation sites (N-methyl/N-ethyl adjacent to an activating group) is 1. The van der Waals surface area contributed by atoms with E-state index in [1.807, 2.05) is 0 Å². The molecule has 1 heterocycles. The summed E-state index contributed by atoms with van der Waals surface area (Å²) in [4.78, 5) is 37.0. The first-order chi connectivity index (χ1) is 12.4. The molecule has 0 aliphatic carbocycles. The van der Waals surface area contributed by atoms with Crippen LogP contribution in [0.4, 0.5) is 11.4 Å². The van der Waals surface area contributed by atoms with Gasteiger partial charge in [-0.05, 0) is 31.2 Å². The van der Waals surface area contributed by atoms with Crippen molar-refractivity contribution in [3.8, 4) is 5.75 Å². The number of nitro groups is 1. The Morgan fingerprint density at radius 1 is 1.31 bits per heavy atom. The minimum Gasteiger partial charge on any atom is -0.491 e. The summed E-state index contributed by atoms with van der Waals surface area (Å²) < 4.78 is 5.54. The zero-order chi connectivity index (χ0) is 18.8. The summed E-state index contributed by atoms with van der Waals surface area (Å²) in [5, 5.41) is 13.7. The highest BCUT2D eigenvalue weighted by atomic mass is 16.6. The minimum atomic E-state index is -0.527. The molecule has 3 rings (SSSR count). The molecule has 0 radical (unpaired) electrons. The predicted molar refractivity (Wildman–Crippen MR) is 94.7 cm³/mol. The number of carbonyl (C=O) groups is 2. The van der Waals surface area contributed by atoms with Gasteiger partial charge in [-0.3, -0.25) is 19.7 Å². The lowest BCUT2D eigenvalue weighted by Crippen LogP contribution is -2.27. The maximum absolute atomic E-state index is 12.5. The largest absolute Gasteiger partial charge is 0.491 e. The van der Waals surface area contributed by atoms with Crippen molar-refractivity contribution < 1.29 is 19.2 Å². The molecule has 0 spiro atoms. The van der Waals surface area contributed by atoms with Crippen LogP contribution in [0, 0.1) is 17.0 Å². The van der Waals surface area contributed by atoms with Crippen LogP contribution in [0.1, 0.15) is 26.3 Å². The van der Waals surface area contributed by atoms with Crippen LogP contribution in [-0.4, -0.2) is 41.8 Å². The molecule has 0 fully saturated rings. The van der Waals surface area contributed by atoms with Crippen molar-refractivity contribution in [2.45, 2.75) is 6.92 Å². The van der Waals surface area contributed by atoms with Crippen LogP contribution in [0.3, 0.4) is 0 Å². The van der Waals surface area contributed by atoms with E-state index in [-0.39, 0.29) is 22.7 Å². The van der Waals surface area contributed by atoms with Crippen molar-refractivity contribution in [3.05, 3.63) is 63.2 Å². The van der Waals surface area contributed by atoms with Crippen molar-refractivity contribution in [3.63, 3.8) is 0 Å². The lowest BCUT2D eigenvalue weighted by molar-refractivity contribution is -0.385. The molecule has 134 valence electrons. The number of nitro benzene ring substituents is 1. The van der Waals surface area contributed by atoms with Gasteiger partial charge in [-0.2, -0.15) is 0 Å². The summed E-state index contributed by atoms with van der Waals surface area (Å²) in [6.07, 6.45) is 0. The average molecular weight is 355 g/mol. The molecular weight excluding hydrogens is 338 g/mol. The Morgan fingerprint density at radius 3 is 2.81 bits per heavy atom. The lowest BCUT2D eigenvalue weighted by atomic mass is 10.1. The maximum atomic E-state index is 12.5. The van der Waals surface area contributed by atoms with Crippen LogP contribution in [0.5, 0.6) is 5.75 Å². The van der Waals surface area contributed by atoms with Crippen LogP contribution in [0.25, 0.3) is 0 Å². The van der Waals surface area contributed by atoms with E-state index in [2.05, 4.69) is 5.32 Å². The number of fused-ring (bicyclic) bond motifs is 1. The van der Waals surface area contributed by atoms with Crippen LogP contribution >= 0.6 is 0 Å². The summed E-state index contributed by atoms with van der Waals surface area (Å²) in [7, 11) is 1.68. The molecule has 2 aromatic rings. The molecule has 2 aromatic carbocycles. The average Bonchev–Trinajstić information content (AvgIpc) is 2.74. The third-order valence-electron chi connectivity index (χ3n) is 4.25. The normalized spacial score (nSPS) is 13.5. The van der Waals surface area contributed by atoms with Gasteiger partial charge >= 0.3 is 0 Å². The van der Waals surface area contributed by atoms with E-state index in [0.29, 0.717) is 30.2 Å². The zero-order valence-corrected chi connectivity index (χ0v) is 14.3. The fourth-order valence-corrected chi connectivity index (χ4v) is 2.77. The molecule has 1 aliphatic heterocycles. The Bertz CT molecular complexity index is 910. The molecule has 2 amide bonds. The molecular formula is C18H17N3O5. The van der Waals surface area contributed by atoms with E-state index in [1.165, 1.54) is 25.1 Å². The van der Waals surface area contributed by atoms with Crippen molar-refractivity contribution in [1.82, 2.24) is 4.90 Å². The third kappa shape index (κ3) is 3.21. The zero-order valence-electron chi connectivity index (χ0n) is 14.3. The standard InChI is InChI=1S/C18H17N3O5/c1-11-13(4-3-5-15(11)21(24)25)17(22)19-12-6-7-16-14(10-12)18(23)20(2)8-9-26-16/h3-7,10H,8-9H2,1-2H3,(H,19,22). The summed E-state index contributed by atoms with van der Waals surface area (Å²) >= 11 is 0. The first kappa shape index (κ1) is 17.4. The SMILES string of the molecule is Cc1c(C(=O)Nc2ccc3c(c2)C(=O)N(C)CCO3)cccc1[N+](=O)[O-]. The highest BCUT2D eigenvalue weighted by Gasteiger charge is 2.22. The highest BCUT2D eigenvalue weighted by Crippen LogP contribution is 2.27. The second kappa shape index (κ2) is 6.83. The number of nitrogens with one attached hydrogen (secondary N) is 1. The molecule has 0 saturated carbocycles. The van der Waals surface area contributed by atoms with Gasteiger partial charge in [0.15, 0.2) is 0 Å². The van der Waals surface area contributed by atoms with Crippen molar-refractivity contribution in [1.29, 1.82) is 0 Å². The summed E-state index contributed by atoms with van der Waals surface area (Å²) in [6.45, 7) is 2.40. The van der Waals surface area contributed by atoms with E-state index in [1.54, 1.807) is 30.1 Å². The maximum Gasteiger partial charge on any atom is 0.273 e. The van der Waals surface area contributed by atoms with Gasteiger partial charge in [0.1, 0.15) is 12.4 Å². The van der Waals surface area contributed by atoms with Gasteiger partial charge in [0, 0.05) is 29.9 Å². The molecule has 1 N–H and O–H groups in total. The van der Waals surface area contributed by atoms with E-state index in [0.717, 1.165) is 0 Å². The van der Waals surface area contributed by atoms with Gasteiger partial charge in [-0.25, -0.2) is 0 Å². The monoisotopic (exact) mass is 355 g/mol. The fraction of sp³-hybridized carbons (Fsp3) is 0.222. The van der Waals surface area contributed by atoms with Crippen LogP contribution in [0.15, 0.2) is 36.4 Å². The third-order valence-corrected chi connectivity index (χ3v) is 4.25. The number of hydrogen-bond donors (Lipinski definition) is 1. The van der Waals surface area contributed by atoms with Crippen LogP contribution in [-0.2, 0) is 0 Å². The summed E-state index contributed by atoms with van der Waals surface area (Å²) in [6, 6.07) is 9.13. The van der Waals surface area contributed by atoms with E-state index in [9.17, 15) is 19.7 Å². The van der Waals surface area contributed by atoms with E-state index >= 15 is 0 Å². The number of rotatable bonds is 3. The fourth-order valence-electron chi connectivity index (χ4n) is 2.77. The molecule has 0 atom stereocenters. The van der Waals surface area contributed by atoms with Crippen LogP contribution < -0.4 is 10.1 Å². The molecule has 0 saturated heterocycles. The number of hydrogen-bond acceptors (Lipinski definition) is 5. The number of ether oxygens (including phenoxy) is 1. The molecule has 0 bridgehead atoms. The van der Waals surface area contributed by atoms with Gasteiger partial charge in [0.05, 0.1) is 17.0 Å². The first-order valence-corrected chi connectivity index (χ1v) is 7.96. The Kier molecular flexibility index (Phi) is 4.57. The summed E-state index contributed by atoms with van der Waals surface area (Å²) in [5.41, 5.74) is 1.13. The number of carbonyl (C=O) groups excluding carboxylic acids is 2. The quantitative estimate of drug-likeness (QED) is 0.673. The molecule has 8 heteroatoms. The van der Waals surface area contributed by atoms with E-state index in [4.69, 9.17) is 4.74 Å². The molecule has 0 unspecified atom stereocenters. The van der Waals surface area contributed by atoms with Crippen molar-refractivity contribution >= 4 is 23.2 Å². The Hall–Kier alpha value is -3.42. The Morgan fingerprint density at radius 2 is 2.08 bits per heavy atom. The Labute approximate surface area is 149 Å². The second-order valence-electron chi connectivity index (χ2n) is 5.95. The Balaban J connectivity index is 1.90. The topological polar surface area (TPSA) is 102 Å². The van der Waals surface area contributed by atoms with Crippen molar-refractivity contribution in [2.75, 3.05) is 25.5 Å². The van der Waals surface area contributed by atoms with Gasteiger partial charge in [0.2, 0.25) is 0 Å². The molecule has 8 nitrogen and oxygen atoms in total. The van der Waals surface area contributed by atoms with Gasteiger partial charge in [0.25, 0.3) is 17.5 Å². The minimum absolute atomic E-state index is 0.121. The number of benzene rings is 2. The molecule has 1 aliphatic rings. The molecule has 0 aromatic heterocycles. The van der Waals surface area contributed by atoms with Gasteiger partial charge in [-0.1, -0.05) is 6.07 Å². The van der Waals surface area contributed by atoms with E-state index < -0.39 is 10.8 Å². The van der Waals surface area contributed by atoms with Crippen LogP contribution in [0.2, 0.25) is 0 Å². The first-order valence-electron chi connectivity index (χ1n) is 7.96. The highest BCUT2D eigenvalue weighted by molar-refractivity contribution is 6.07. The van der Waals surface area contributed by atoms with Gasteiger partial charge in [-0.15, -0.1) is 0 Å². The number of nitrogens with zero attached hydrogens (tertiary/aromatic N) is 2. The van der Waals surface area contributed by atoms with Gasteiger partial charge < -0.3 is 15.0 Å². The lowest BCUT2D eigenvalue weighted by Gasteiger charge is -2.13. The summed E-state index contributed by atoms with van der Waals surface area (Å²) in [5.74, 6) is -0.217. The number of anilines is 1. The molecule has 26 heavy (non-hydrogen) atoms. The smallest absolute Gasteiger partial charge is 0.273 e. The van der Waals surface area contributed by atoms with Crippen molar-refractivity contribution in [2.24, 2.45) is 0 Å². The predicted octanol–water partition coefficient (Wildman–Crippen LogP) is 2.62. The second-order valence-corrected chi connectivity index (χ2v) is 5.95. The number of amides is 2.